The fourth-order valence-electron chi connectivity index (χ4n) is 2.61. The standard InChI is InChI=1S/C18H16N4O2/c19-9-16-23-14-7-6-12(8-15(14)24-16)13-10-21-18(22-17(13)20)11-4-2-1-3-5-11/h1-8,10,16H,9,19H2,(H2,20,21,22). The summed E-state index contributed by atoms with van der Waals surface area (Å²) in [5.74, 6) is 2.34. The highest BCUT2D eigenvalue weighted by Gasteiger charge is 2.23. The summed E-state index contributed by atoms with van der Waals surface area (Å²) >= 11 is 0. The smallest absolute Gasteiger partial charge is 0.253 e. The number of ether oxygens (including phenoxy) is 2. The first-order valence-corrected chi connectivity index (χ1v) is 7.60. The van der Waals surface area contributed by atoms with Gasteiger partial charge in [0.05, 0.1) is 6.54 Å². The molecule has 4 N–H and O–H groups in total. The molecule has 6 nitrogen and oxygen atoms in total. The molecule has 1 atom stereocenters. The van der Waals surface area contributed by atoms with Crippen molar-refractivity contribution in [1.29, 1.82) is 0 Å². The highest BCUT2D eigenvalue weighted by molar-refractivity contribution is 5.76. The number of rotatable bonds is 3. The van der Waals surface area contributed by atoms with E-state index in [1.165, 1.54) is 0 Å². The van der Waals surface area contributed by atoms with Crippen molar-refractivity contribution in [1.82, 2.24) is 9.97 Å². The molecule has 24 heavy (non-hydrogen) atoms. The zero-order valence-electron chi connectivity index (χ0n) is 12.8. The Labute approximate surface area is 139 Å². The number of fused-ring (bicyclic) bond motifs is 1. The van der Waals surface area contributed by atoms with Crippen LogP contribution in [0, 0.1) is 0 Å². The number of anilines is 1. The highest BCUT2D eigenvalue weighted by Crippen LogP contribution is 2.38. The fraction of sp³-hybridized carbons (Fsp3) is 0.111. The molecule has 0 amide bonds. The molecule has 6 heteroatoms. The summed E-state index contributed by atoms with van der Waals surface area (Å²) in [6, 6.07) is 15.3. The first-order chi connectivity index (χ1) is 11.7. The number of nitrogen functional groups attached to an aromatic ring is 1. The minimum absolute atomic E-state index is 0.293. The van der Waals surface area contributed by atoms with E-state index in [2.05, 4.69) is 9.97 Å². The SMILES string of the molecule is NCC1Oc2ccc(-c3cnc(-c4ccccc4)nc3N)cc2O1. The minimum atomic E-state index is -0.440. The van der Waals surface area contributed by atoms with Gasteiger partial charge in [-0.2, -0.15) is 0 Å². The van der Waals surface area contributed by atoms with E-state index in [0.29, 0.717) is 29.7 Å². The molecule has 2 heterocycles. The van der Waals surface area contributed by atoms with Crippen LogP contribution >= 0.6 is 0 Å². The third-order valence-electron chi connectivity index (χ3n) is 3.81. The number of aromatic nitrogens is 2. The molecule has 1 aliphatic heterocycles. The molecule has 2 aromatic carbocycles. The van der Waals surface area contributed by atoms with Gasteiger partial charge < -0.3 is 20.9 Å². The van der Waals surface area contributed by atoms with Crippen molar-refractivity contribution >= 4 is 5.82 Å². The second-order valence-corrected chi connectivity index (χ2v) is 5.42. The van der Waals surface area contributed by atoms with E-state index >= 15 is 0 Å². The first kappa shape index (κ1) is 14.5. The maximum atomic E-state index is 6.15. The van der Waals surface area contributed by atoms with E-state index in [1.807, 2.05) is 48.5 Å². The topological polar surface area (TPSA) is 96.3 Å². The van der Waals surface area contributed by atoms with Gasteiger partial charge in [-0.1, -0.05) is 36.4 Å². The van der Waals surface area contributed by atoms with Gasteiger partial charge in [-0.05, 0) is 17.7 Å². The molecular formula is C18H16N4O2. The van der Waals surface area contributed by atoms with Crippen LogP contribution in [0.2, 0.25) is 0 Å². The summed E-state index contributed by atoms with van der Waals surface area (Å²) in [6.45, 7) is 0.293. The monoisotopic (exact) mass is 320 g/mol. The molecule has 1 aromatic heterocycles. The second kappa shape index (κ2) is 5.82. The number of hydrogen-bond donors (Lipinski definition) is 2. The van der Waals surface area contributed by atoms with Crippen molar-refractivity contribution in [3.63, 3.8) is 0 Å². The second-order valence-electron chi connectivity index (χ2n) is 5.42. The zero-order valence-corrected chi connectivity index (χ0v) is 12.8. The van der Waals surface area contributed by atoms with Crippen LogP contribution in [-0.2, 0) is 0 Å². The predicted octanol–water partition coefficient (Wildman–Crippen LogP) is 2.45. The van der Waals surface area contributed by atoms with Crippen LogP contribution in [0.3, 0.4) is 0 Å². The van der Waals surface area contributed by atoms with Crippen LogP contribution in [0.15, 0.2) is 54.7 Å². The van der Waals surface area contributed by atoms with Crippen molar-refractivity contribution in [2.45, 2.75) is 6.29 Å². The lowest BCUT2D eigenvalue weighted by Gasteiger charge is -2.08. The molecule has 120 valence electrons. The molecule has 0 radical (unpaired) electrons. The number of nitrogens with two attached hydrogens (primary N) is 2. The van der Waals surface area contributed by atoms with Crippen LogP contribution in [0.25, 0.3) is 22.5 Å². The lowest BCUT2D eigenvalue weighted by molar-refractivity contribution is 0.0581. The molecular weight excluding hydrogens is 304 g/mol. The van der Waals surface area contributed by atoms with Gasteiger partial charge in [0.25, 0.3) is 6.29 Å². The van der Waals surface area contributed by atoms with E-state index in [9.17, 15) is 0 Å². The van der Waals surface area contributed by atoms with Gasteiger partial charge >= 0.3 is 0 Å². The summed E-state index contributed by atoms with van der Waals surface area (Å²) in [5, 5.41) is 0. The van der Waals surface area contributed by atoms with Gasteiger partial charge in [-0.3, -0.25) is 0 Å². The first-order valence-electron chi connectivity index (χ1n) is 7.60. The predicted molar refractivity (Wildman–Crippen MR) is 91.4 cm³/mol. The maximum Gasteiger partial charge on any atom is 0.253 e. The Bertz CT molecular complexity index is 883. The van der Waals surface area contributed by atoms with Crippen molar-refractivity contribution in [2.24, 2.45) is 5.73 Å². The molecule has 0 bridgehead atoms. The van der Waals surface area contributed by atoms with Crippen LogP contribution < -0.4 is 20.9 Å². The van der Waals surface area contributed by atoms with Crippen LogP contribution in [-0.4, -0.2) is 22.8 Å². The van der Waals surface area contributed by atoms with E-state index in [1.54, 1.807) is 6.20 Å². The third kappa shape index (κ3) is 2.53. The molecule has 0 saturated heterocycles. The van der Waals surface area contributed by atoms with Gasteiger partial charge in [0.1, 0.15) is 5.82 Å². The van der Waals surface area contributed by atoms with Crippen molar-refractivity contribution in [2.75, 3.05) is 12.3 Å². The van der Waals surface area contributed by atoms with Gasteiger partial charge in [0, 0.05) is 17.3 Å². The molecule has 0 fully saturated rings. The highest BCUT2D eigenvalue weighted by atomic mass is 16.7. The minimum Gasteiger partial charge on any atom is -0.450 e. The average Bonchev–Trinajstić information content (AvgIpc) is 3.04. The Kier molecular flexibility index (Phi) is 3.51. The third-order valence-corrected chi connectivity index (χ3v) is 3.81. The molecule has 0 spiro atoms. The van der Waals surface area contributed by atoms with Gasteiger partial charge in [-0.25, -0.2) is 9.97 Å². The number of hydrogen-bond acceptors (Lipinski definition) is 6. The molecule has 0 aliphatic carbocycles. The number of benzene rings is 2. The fourth-order valence-corrected chi connectivity index (χ4v) is 2.61. The number of nitrogens with zero attached hydrogens (tertiary/aromatic N) is 2. The molecule has 0 saturated carbocycles. The summed E-state index contributed by atoms with van der Waals surface area (Å²) in [4.78, 5) is 8.85. The summed E-state index contributed by atoms with van der Waals surface area (Å²) in [7, 11) is 0. The molecule has 1 aliphatic rings. The van der Waals surface area contributed by atoms with Gasteiger partial charge in [-0.15, -0.1) is 0 Å². The van der Waals surface area contributed by atoms with Crippen LogP contribution in [0.1, 0.15) is 0 Å². The summed E-state index contributed by atoms with van der Waals surface area (Å²) < 4.78 is 11.2. The maximum absolute atomic E-state index is 6.15. The van der Waals surface area contributed by atoms with Crippen molar-refractivity contribution < 1.29 is 9.47 Å². The molecule has 4 rings (SSSR count). The van der Waals surface area contributed by atoms with E-state index in [4.69, 9.17) is 20.9 Å². The Morgan fingerprint density at radius 1 is 0.958 bits per heavy atom. The van der Waals surface area contributed by atoms with E-state index < -0.39 is 6.29 Å². The van der Waals surface area contributed by atoms with Gasteiger partial charge in [0.2, 0.25) is 0 Å². The lowest BCUT2D eigenvalue weighted by Crippen LogP contribution is -2.27. The summed E-state index contributed by atoms with van der Waals surface area (Å²) in [6.07, 6.45) is 1.28. The van der Waals surface area contributed by atoms with Gasteiger partial charge in [0.15, 0.2) is 17.3 Å². The Morgan fingerprint density at radius 2 is 1.75 bits per heavy atom. The Hall–Kier alpha value is -3.12. The summed E-state index contributed by atoms with van der Waals surface area (Å²) in [5.41, 5.74) is 14.3. The van der Waals surface area contributed by atoms with Crippen molar-refractivity contribution in [3.05, 3.63) is 54.7 Å². The van der Waals surface area contributed by atoms with Crippen LogP contribution in [0.5, 0.6) is 11.5 Å². The normalized spacial score (nSPS) is 15.5. The largest absolute Gasteiger partial charge is 0.450 e. The van der Waals surface area contributed by atoms with E-state index in [-0.39, 0.29) is 0 Å². The quantitative estimate of drug-likeness (QED) is 0.769. The Balaban J connectivity index is 1.69. The van der Waals surface area contributed by atoms with Crippen molar-refractivity contribution in [3.8, 4) is 34.0 Å². The van der Waals surface area contributed by atoms with E-state index in [0.717, 1.165) is 16.7 Å². The average molecular weight is 320 g/mol. The molecule has 3 aromatic rings. The Morgan fingerprint density at radius 3 is 2.50 bits per heavy atom. The lowest BCUT2D eigenvalue weighted by atomic mass is 10.1. The van der Waals surface area contributed by atoms with Crippen LogP contribution in [0.4, 0.5) is 5.82 Å². The zero-order chi connectivity index (χ0) is 16.5. The molecule has 1 unspecified atom stereocenters.